The lowest BCUT2D eigenvalue weighted by Crippen LogP contribution is -2.27. The van der Waals surface area contributed by atoms with Crippen LogP contribution >= 0.6 is 0 Å². The first-order chi connectivity index (χ1) is 15.9. The maximum atomic E-state index is 2.56. The van der Waals surface area contributed by atoms with Crippen LogP contribution in [0.25, 0.3) is 11.1 Å². The first kappa shape index (κ1) is 18.7. The fourth-order valence-electron chi connectivity index (χ4n) is 7.06. The van der Waals surface area contributed by atoms with Crippen LogP contribution in [0.5, 0.6) is 0 Å². The lowest BCUT2D eigenvalue weighted by molar-refractivity contribution is 0.339. The highest BCUT2D eigenvalue weighted by atomic mass is 14.4. The van der Waals surface area contributed by atoms with Gasteiger partial charge < -0.3 is 0 Å². The van der Waals surface area contributed by atoms with Gasteiger partial charge in [-0.25, -0.2) is 0 Å². The SMILES string of the molecule is C1=CC(C2C=CC3=C4C(=CCCC42)c2ccccc23)CC(C2=CC3=C(C=CCC3)CC2)=C1. The van der Waals surface area contributed by atoms with E-state index >= 15 is 0 Å². The van der Waals surface area contributed by atoms with Gasteiger partial charge in [-0.3, -0.25) is 0 Å². The molecule has 0 bridgehead atoms. The predicted octanol–water partition coefficient (Wildman–Crippen LogP) is 8.30. The highest BCUT2D eigenvalue weighted by molar-refractivity contribution is 6.04. The van der Waals surface area contributed by atoms with Crippen molar-refractivity contribution < 1.29 is 0 Å². The zero-order valence-corrected chi connectivity index (χ0v) is 18.7. The Morgan fingerprint density at radius 3 is 2.72 bits per heavy atom. The van der Waals surface area contributed by atoms with E-state index in [-0.39, 0.29) is 0 Å². The molecule has 0 radical (unpaired) electrons. The molecule has 0 saturated heterocycles. The third kappa shape index (κ3) is 2.82. The van der Waals surface area contributed by atoms with Crippen LogP contribution in [-0.2, 0) is 0 Å². The Morgan fingerprint density at radius 2 is 1.75 bits per heavy atom. The maximum Gasteiger partial charge on any atom is -0.00780 e. The van der Waals surface area contributed by atoms with E-state index < -0.39 is 0 Å². The van der Waals surface area contributed by atoms with E-state index in [1.54, 1.807) is 27.9 Å². The largest absolute Gasteiger partial charge is 0.0839 e. The Bertz CT molecular complexity index is 1250. The standard InChI is InChI=1S/C32H30/c1-2-8-22-19-24(16-15-21(22)7-1)23-9-5-10-25(20-23)26-17-18-31-28-12-4-3-11-27(28)30-14-6-13-29(26)32(30)31/h1,3-5,7,9-12,14,17-19,25-26,29H,2,6,8,13,15-16,20H2. The number of benzene rings is 1. The second kappa shape index (κ2) is 7.34. The molecule has 0 amide bonds. The second-order valence-electron chi connectivity index (χ2n) is 10.2. The number of fused-ring (bicyclic) bond motifs is 3. The molecule has 1 aromatic rings. The molecule has 3 atom stereocenters. The molecule has 6 aliphatic rings. The summed E-state index contributed by atoms with van der Waals surface area (Å²) in [5, 5.41) is 0. The minimum atomic E-state index is 0.607. The molecule has 0 aliphatic heterocycles. The molecule has 7 rings (SSSR count). The highest BCUT2D eigenvalue weighted by Crippen LogP contribution is 2.55. The van der Waals surface area contributed by atoms with Crippen molar-refractivity contribution in [2.75, 3.05) is 0 Å². The first-order valence-electron chi connectivity index (χ1n) is 12.6. The van der Waals surface area contributed by atoms with Crippen molar-refractivity contribution in [1.82, 2.24) is 0 Å². The summed E-state index contributed by atoms with van der Waals surface area (Å²) in [5.74, 6) is 1.88. The predicted molar refractivity (Wildman–Crippen MR) is 135 cm³/mol. The average Bonchev–Trinajstić information content (AvgIpc) is 3.20. The minimum Gasteiger partial charge on any atom is -0.0839 e. The van der Waals surface area contributed by atoms with Gasteiger partial charge in [0.2, 0.25) is 0 Å². The van der Waals surface area contributed by atoms with Gasteiger partial charge in [-0.1, -0.05) is 78.9 Å². The van der Waals surface area contributed by atoms with Gasteiger partial charge in [-0.05, 0) is 113 Å². The highest BCUT2D eigenvalue weighted by Gasteiger charge is 2.40. The topological polar surface area (TPSA) is 0 Å². The minimum absolute atomic E-state index is 0.607. The van der Waals surface area contributed by atoms with Crippen LogP contribution in [0.3, 0.4) is 0 Å². The summed E-state index contributed by atoms with van der Waals surface area (Å²) < 4.78 is 0. The van der Waals surface area contributed by atoms with Gasteiger partial charge in [-0.2, -0.15) is 0 Å². The molecule has 1 aromatic carbocycles. The maximum absolute atomic E-state index is 2.56. The van der Waals surface area contributed by atoms with Gasteiger partial charge >= 0.3 is 0 Å². The Labute approximate surface area is 191 Å². The summed E-state index contributed by atoms with van der Waals surface area (Å²) in [4.78, 5) is 0. The van der Waals surface area contributed by atoms with Crippen LogP contribution in [0.4, 0.5) is 0 Å². The quantitative estimate of drug-likeness (QED) is 0.456. The number of rotatable bonds is 2. The molecule has 0 fully saturated rings. The van der Waals surface area contributed by atoms with Crippen molar-refractivity contribution in [3.8, 4) is 0 Å². The Morgan fingerprint density at radius 1 is 0.812 bits per heavy atom. The van der Waals surface area contributed by atoms with Crippen molar-refractivity contribution in [1.29, 1.82) is 0 Å². The fourth-order valence-corrected chi connectivity index (χ4v) is 7.06. The van der Waals surface area contributed by atoms with Crippen LogP contribution < -0.4 is 0 Å². The van der Waals surface area contributed by atoms with Gasteiger partial charge in [0.25, 0.3) is 0 Å². The summed E-state index contributed by atoms with van der Waals surface area (Å²) in [6.07, 6.45) is 30.6. The third-order valence-electron chi connectivity index (χ3n) is 8.58. The first-order valence-corrected chi connectivity index (χ1v) is 12.6. The molecule has 32 heavy (non-hydrogen) atoms. The van der Waals surface area contributed by atoms with Gasteiger partial charge in [0.05, 0.1) is 0 Å². The van der Waals surface area contributed by atoms with Gasteiger partial charge in [0.15, 0.2) is 0 Å². The molecule has 0 N–H and O–H groups in total. The molecule has 0 nitrogen and oxygen atoms in total. The number of hydrogen-bond acceptors (Lipinski definition) is 0. The average molecular weight is 415 g/mol. The van der Waals surface area contributed by atoms with Crippen LogP contribution in [0.15, 0.2) is 107 Å². The van der Waals surface area contributed by atoms with Crippen LogP contribution in [0.2, 0.25) is 0 Å². The van der Waals surface area contributed by atoms with Crippen LogP contribution in [-0.4, -0.2) is 0 Å². The molecule has 158 valence electrons. The molecule has 0 heterocycles. The van der Waals surface area contributed by atoms with Crippen molar-refractivity contribution in [3.63, 3.8) is 0 Å². The molecular formula is C32H30. The molecule has 6 aliphatic carbocycles. The van der Waals surface area contributed by atoms with Crippen molar-refractivity contribution in [2.45, 2.75) is 44.9 Å². The van der Waals surface area contributed by atoms with Crippen molar-refractivity contribution in [3.05, 3.63) is 118 Å². The summed E-state index contributed by atoms with van der Waals surface area (Å²) in [5.41, 5.74) is 14.0. The smallest absolute Gasteiger partial charge is 0.00780 e. The zero-order chi connectivity index (χ0) is 21.1. The lowest BCUT2D eigenvalue weighted by atomic mass is 9.66. The van der Waals surface area contributed by atoms with E-state index in [9.17, 15) is 0 Å². The third-order valence-corrected chi connectivity index (χ3v) is 8.58. The molecule has 0 heteroatoms. The Balaban J connectivity index is 1.18. The second-order valence-corrected chi connectivity index (χ2v) is 10.2. The Hall–Kier alpha value is -2.86. The van der Waals surface area contributed by atoms with E-state index in [1.165, 1.54) is 67.2 Å². The monoisotopic (exact) mass is 414 g/mol. The molecular weight excluding hydrogens is 384 g/mol. The van der Waals surface area contributed by atoms with E-state index in [0.717, 1.165) is 0 Å². The lowest BCUT2D eigenvalue weighted by Gasteiger charge is -2.38. The van der Waals surface area contributed by atoms with E-state index in [4.69, 9.17) is 0 Å². The normalized spacial score (nSPS) is 29.9. The van der Waals surface area contributed by atoms with Gasteiger partial charge in [0.1, 0.15) is 0 Å². The summed E-state index contributed by atoms with van der Waals surface area (Å²) in [7, 11) is 0. The van der Waals surface area contributed by atoms with Crippen molar-refractivity contribution >= 4 is 11.1 Å². The summed E-state index contributed by atoms with van der Waals surface area (Å²) >= 11 is 0. The van der Waals surface area contributed by atoms with Gasteiger partial charge in [-0.15, -0.1) is 0 Å². The van der Waals surface area contributed by atoms with Crippen molar-refractivity contribution in [2.24, 2.45) is 17.8 Å². The number of hydrogen-bond donors (Lipinski definition) is 0. The van der Waals surface area contributed by atoms with E-state index in [1.807, 2.05) is 0 Å². The zero-order valence-electron chi connectivity index (χ0n) is 18.7. The molecule has 0 aromatic heterocycles. The van der Waals surface area contributed by atoms with Crippen LogP contribution in [0, 0.1) is 17.8 Å². The Kier molecular flexibility index (Phi) is 4.29. The fraction of sp³-hybridized carbons (Fsp3) is 0.312. The summed E-state index contributed by atoms with van der Waals surface area (Å²) in [6, 6.07) is 9.04. The number of allylic oxidation sites excluding steroid dienone is 16. The van der Waals surface area contributed by atoms with Gasteiger partial charge in [0, 0.05) is 0 Å². The summed E-state index contributed by atoms with van der Waals surface area (Å²) in [6.45, 7) is 0. The molecule has 3 unspecified atom stereocenters. The molecule has 0 spiro atoms. The van der Waals surface area contributed by atoms with Crippen LogP contribution in [0.1, 0.15) is 56.1 Å². The van der Waals surface area contributed by atoms with E-state index in [2.05, 4.69) is 78.9 Å². The van der Waals surface area contributed by atoms with E-state index in [0.29, 0.717) is 17.8 Å². The molecule has 0 saturated carbocycles.